The number of aliphatic hydroxyl groups is 2. The Morgan fingerprint density at radius 1 is 0.512 bits per heavy atom. The van der Waals surface area contributed by atoms with Gasteiger partial charge in [0.25, 0.3) is 0 Å². The van der Waals surface area contributed by atoms with Crippen LogP contribution in [0.1, 0.15) is 136 Å². The van der Waals surface area contributed by atoms with Gasteiger partial charge in [0.05, 0.1) is 59.6 Å². The second kappa shape index (κ2) is 37.0. The predicted octanol–water partition coefficient (Wildman–Crippen LogP) is 7.99. The van der Waals surface area contributed by atoms with Gasteiger partial charge in [0.2, 0.25) is 0 Å². The highest BCUT2D eigenvalue weighted by Gasteiger charge is 2.11. The first kappa shape index (κ1) is 46.9. The van der Waals surface area contributed by atoms with Crippen LogP contribution in [0.3, 0.4) is 0 Å². The van der Waals surface area contributed by atoms with Gasteiger partial charge in [-0.3, -0.25) is 0 Å². The molecular weight excluding hydrogens is 520 g/mol. The van der Waals surface area contributed by atoms with Crippen molar-refractivity contribution < 1.29 is 24.3 Å². The molecule has 0 heterocycles. The van der Waals surface area contributed by atoms with Gasteiger partial charge in [-0.25, -0.2) is 0 Å². The van der Waals surface area contributed by atoms with E-state index in [1.54, 1.807) is 0 Å². The fourth-order valence-electron chi connectivity index (χ4n) is 4.65. The average Bonchev–Trinajstić information content (AvgIpc) is 2.87. The molecule has 0 aliphatic heterocycles. The third kappa shape index (κ3) is 55.6. The van der Waals surface area contributed by atoms with Crippen LogP contribution in [0.2, 0.25) is 0 Å². The number of aliphatic hydroxyl groups excluding tert-OH is 2. The van der Waals surface area contributed by atoms with Gasteiger partial charge >= 0.3 is 0 Å². The number of rotatable bonds is 24. The van der Waals surface area contributed by atoms with Crippen molar-refractivity contribution in [1.29, 1.82) is 0 Å². The van der Waals surface area contributed by atoms with Crippen LogP contribution in [-0.4, -0.2) is 98.4 Å². The van der Waals surface area contributed by atoms with E-state index in [2.05, 4.69) is 49.0 Å². The van der Waals surface area contributed by atoms with Gasteiger partial charge in [0, 0.05) is 0 Å². The van der Waals surface area contributed by atoms with E-state index < -0.39 is 5.09 Å². The molecule has 3 N–H and O–H groups in total. The molecule has 0 aliphatic rings. The summed E-state index contributed by atoms with van der Waals surface area (Å²) in [5.74, 6) is 0. The maximum Gasteiger partial charge on any atom is 0.102 e. The van der Waals surface area contributed by atoms with Crippen molar-refractivity contribution in [2.24, 2.45) is 0 Å². The van der Waals surface area contributed by atoms with Gasteiger partial charge in [-0.15, -0.1) is 0 Å². The minimum absolute atomic E-state index is 0.299. The molecule has 252 valence electrons. The van der Waals surface area contributed by atoms with Gasteiger partial charge in [-0.05, 0) is 12.8 Å². The van der Waals surface area contributed by atoms with Crippen LogP contribution in [0.4, 0.5) is 0 Å². The van der Waals surface area contributed by atoms with Crippen LogP contribution in [0.25, 0.3) is 5.73 Å². The van der Waals surface area contributed by atoms with Crippen molar-refractivity contribution in [3.05, 3.63) is 21.1 Å². The highest BCUT2D eigenvalue weighted by Crippen LogP contribution is 2.13. The van der Waals surface area contributed by atoms with Crippen LogP contribution in [-0.2, 0) is 0 Å². The molecule has 0 saturated heterocycles. The molecule has 9 nitrogen and oxygen atoms in total. The van der Waals surface area contributed by atoms with Crippen LogP contribution in [0.15, 0.2) is 0 Å². The Morgan fingerprint density at radius 2 is 0.756 bits per heavy atom. The van der Waals surface area contributed by atoms with Gasteiger partial charge in [-0.2, -0.15) is 6.54 Å². The van der Waals surface area contributed by atoms with E-state index in [9.17, 15) is 0 Å². The van der Waals surface area contributed by atoms with E-state index in [0.29, 0.717) is 19.8 Å². The van der Waals surface area contributed by atoms with Gasteiger partial charge < -0.3 is 40.2 Å². The van der Waals surface area contributed by atoms with Crippen molar-refractivity contribution in [3.63, 3.8) is 0 Å². The number of nitrogens with one attached hydrogen (secondary N) is 1. The molecule has 0 aliphatic carbocycles. The minimum Gasteiger partial charge on any atom is -0.677 e. The second-order valence-corrected chi connectivity index (χ2v) is 12.5. The summed E-state index contributed by atoms with van der Waals surface area (Å²) in [4.78, 5) is 8.25. The summed E-state index contributed by atoms with van der Waals surface area (Å²) in [5.41, 5.74) is 7.08. The summed E-state index contributed by atoms with van der Waals surface area (Å²) in [5, 5.41) is 32.0. The summed E-state index contributed by atoms with van der Waals surface area (Å²) >= 11 is 0. The monoisotopic (exact) mass is 595 g/mol. The SMILES string of the molecule is CCCCCCCCCCCCCCCCCC[NH-].CCC[N+](C)(C)CCO.CCC[N+](C)(C)CCO.O=[N+]([O-])[O-]. The normalized spacial score (nSPS) is 11.0. The van der Waals surface area contributed by atoms with E-state index in [1.165, 1.54) is 109 Å². The molecule has 0 aromatic heterocycles. The average molecular weight is 595 g/mol. The molecule has 0 aromatic rings. The fraction of sp³-hybridized carbons (Fsp3) is 1.00. The molecule has 0 bridgehead atoms. The first-order valence-corrected chi connectivity index (χ1v) is 16.7. The second-order valence-electron chi connectivity index (χ2n) is 12.5. The summed E-state index contributed by atoms with van der Waals surface area (Å²) in [6.45, 7) is 11.9. The molecule has 0 atom stereocenters. The van der Waals surface area contributed by atoms with Crippen LogP contribution in [0, 0.1) is 15.3 Å². The zero-order chi connectivity index (χ0) is 32.3. The van der Waals surface area contributed by atoms with E-state index in [4.69, 9.17) is 31.3 Å². The van der Waals surface area contributed by atoms with Crippen LogP contribution >= 0.6 is 0 Å². The molecule has 0 radical (unpaired) electrons. The summed E-state index contributed by atoms with van der Waals surface area (Å²) in [6, 6.07) is 0. The molecule has 41 heavy (non-hydrogen) atoms. The lowest BCUT2D eigenvalue weighted by Crippen LogP contribution is -2.42. The summed E-state index contributed by atoms with van der Waals surface area (Å²) < 4.78 is 1.88. The van der Waals surface area contributed by atoms with Crippen LogP contribution < -0.4 is 0 Å². The van der Waals surface area contributed by atoms with Gasteiger partial charge in [-0.1, -0.05) is 124 Å². The van der Waals surface area contributed by atoms with Crippen molar-refractivity contribution in [1.82, 2.24) is 0 Å². The summed E-state index contributed by atoms with van der Waals surface area (Å²) in [7, 11) is 8.55. The molecule has 0 saturated carbocycles. The lowest BCUT2D eigenvalue weighted by molar-refractivity contribution is -0.890. The fourth-order valence-corrected chi connectivity index (χ4v) is 4.65. The van der Waals surface area contributed by atoms with Crippen molar-refractivity contribution in [2.45, 2.75) is 136 Å². The van der Waals surface area contributed by atoms with Crippen molar-refractivity contribution in [2.75, 3.05) is 74.1 Å². The van der Waals surface area contributed by atoms with Gasteiger partial charge in [0.15, 0.2) is 0 Å². The predicted molar refractivity (Wildman–Crippen MR) is 178 cm³/mol. The van der Waals surface area contributed by atoms with E-state index in [-0.39, 0.29) is 0 Å². The zero-order valence-corrected chi connectivity index (χ0v) is 28.6. The molecule has 0 rings (SSSR count). The van der Waals surface area contributed by atoms with E-state index in [1.807, 2.05) is 0 Å². The first-order chi connectivity index (χ1) is 19.4. The highest BCUT2D eigenvalue weighted by molar-refractivity contribution is 4.53. The van der Waals surface area contributed by atoms with Crippen LogP contribution in [0.5, 0.6) is 0 Å². The van der Waals surface area contributed by atoms with E-state index >= 15 is 0 Å². The molecule has 0 aromatic carbocycles. The first-order valence-electron chi connectivity index (χ1n) is 16.7. The standard InChI is InChI=1S/C18H38N.2C7H18NO.NO3/c1-2-3-4-5-6-7-8-9-10-11-12-13-14-15-16-17-18-19;2*1-4-5-8(2,3)6-7-9;2-1(3)4/h19H,2-18H2,1H3;2*9H,4-7H2,1-3H3;/q-1;2*+1;-1. The van der Waals surface area contributed by atoms with Crippen molar-refractivity contribution in [3.8, 4) is 0 Å². The Balaban J connectivity index is -0.000000259. The third-order valence-electron chi connectivity index (χ3n) is 7.10. The maximum absolute atomic E-state index is 8.61. The quantitative estimate of drug-likeness (QED) is 0.0506. The molecule has 0 spiro atoms. The Labute approximate surface area is 255 Å². The maximum atomic E-state index is 8.61. The molecule has 0 fully saturated rings. The zero-order valence-electron chi connectivity index (χ0n) is 28.6. The number of unbranched alkanes of at least 4 members (excludes halogenated alkanes) is 15. The largest absolute Gasteiger partial charge is 0.677 e. The lowest BCUT2D eigenvalue weighted by Gasteiger charge is -2.28. The lowest BCUT2D eigenvalue weighted by atomic mass is 10.0. The molecule has 0 unspecified atom stereocenters. The summed E-state index contributed by atoms with van der Waals surface area (Å²) in [6.07, 6.45) is 24.9. The number of hydrogen-bond donors (Lipinski definition) is 2. The third-order valence-corrected chi connectivity index (χ3v) is 7.10. The van der Waals surface area contributed by atoms with Crippen molar-refractivity contribution >= 4 is 0 Å². The van der Waals surface area contributed by atoms with Gasteiger partial charge in [0.1, 0.15) is 13.1 Å². The number of quaternary nitrogens is 2. The smallest absolute Gasteiger partial charge is 0.102 e. The number of nitrogens with zero attached hydrogens (tertiary/aromatic N) is 3. The number of hydrogen-bond acceptors (Lipinski definition) is 5. The molecular formula is C32H74N4O5. The Bertz CT molecular complexity index is 439. The minimum atomic E-state index is -1.75. The molecule has 0 amide bonds. The molecule has 9 heteroatoms. The van der Waals surface area contributed by atoms with E-state index in [0.717, 1.165) is 41.6 Å². The Kier molecular flexibility index (Phi) is 42.4. The number of likely N-dealkylation sites (N-methyl/N-ethyl adjacent to an activating group) is 2. The topological polar surface area (TPSA) is 130 Å². The Morgan fingerprint density at radius 3 is 0.951 bits per heavy atom. The Hall–Kier alpha value is -1.00. The highest BCUT2D eigenvalue weighted by atomic mass is 16.9.